The Morgan fingerprint density at radius 3 is 2.00 bits per heavy atom. The zero-order valence-corrected chi connectivity index (χ0v) is 15.1. The Kier molecular flexibility index (Phi) is 11.7. The molecule has 0 heterocycles. The number of hydrogen-bond donors (Lipinski definition) is 2. The van der Waals surface area contributed by atoms with Gasteiger partial charge in [-0.15, -0.1) is 0 Å². The van der Waals surface area contributed by atoms with Gasteiger partial charge in [-0.1, -0.05) is 89.0 Å². The van der Waals surface area contributed by atoms with Crippen molar-refractivity contribution in [2.24, 2.45) is 0 Å². The zero-order valence-electron chi connectivity index (χ0n) is 15.1. The van der Waals surface area contributed by atoms with Crippen LogP contribution < -0.4 is 5.48 Å². The number of carbonyl (C=O) groups excluding carboxylic acids is 1. The topological polar surface area (TPSA) is 49.3 Å². The summed E-state index contributed by atoms with van der Waals surface area (Å²) in [5.41, 5.74) is 3.18. The predicted octanol–water partition coefficient (Wildman–Crippen LogP) is 6.13. The predicted molar refractivity (Wildman–Crippen MR) is 101 cm³/mol. The van der Waals surface area contributed by atoms with Crippen LogP contribution in [-0.4, -0.2) is 11.1 Å². The van der Waals surface area contributed by atoms with E-state index in [0.717, 1.165) is 12.0 Å². The van der Waals surface area contributed by atoms with Crippen LogP contribution in [-0.2, 0) is 0 Å². The van der Waals surface area contributed by atoms with Gasteiger partial charge in [-0.05, 0) is 30.5 Å². The van der Waals surface area contributed by atoms with Gasteiger partial charge in [0.15, 0.2) is 0 Å². The Morgan fingerprint density at radius 1 is 0.917 bits per heavy atom. The van der Waals surface area contributed by atoms with Crippen LogP contribution in [0.2, 0.25) is 0 Å². The SMILES string of the molecule is CCCCCCCCCCCC/C=C/c1ccc(C(=O)NO)cc1. The van der Waals surface area contributed by atoms with Crippen molar-refractivity contribution in [3.63, 3.8) is 0 Å². The van der Waals surface area contributed by atoms with Crippen molar-refractivity contribution in [1.82, 2.24) is 5.48 Å². The first-order valence-electron chi connectivity index (χ1n) is 9.49. The minimum absolute atomic E-state index is 0.462. The normalized spacial score (nSPS) is 11.1. The van der Waals surface area contributed by atoms with Crippen LogP contribution in [0.4, 0.5) is 0 Å². The second-order valence-electron chi connectivity index (χ2n) is 6.44. The van der Waals surface area contributed by atoms with Gasteiger partial charge < -0.3 is 0 Å². The molecule has 134 valence electrons. The van der Waals surface area contributed by atoms with E-state index < -0.39 is 5.91 Å². The Balaban J connectivity index is 2.02. The van der Waals surface area contributed by atoms with Crippen LogP contribution in [0.1, 0.15) is 93.5 Å². The van der Waals surface area contributed by atoms with Gasteiger partial charge in [0.05, 0.1) is 0 Å². The van der Waals surface area contributed by atoms with Crippen LogP contribution in [0.5, 0.6) is 0 Å². The van der Waals surface area contributed by atoms with Crippen molar-refractivity contribution in [2.45, 2.75) is 77.6 Å². The third-order valence-corrected chi connectivity index (χ3v) is 4.31. The lowest BCUT2D eigenvalue weighted by molar-refractivity contribution is 0.0706. The van der Waals surface area contributed by atoms with Gasteiger partial charge in [-0.2, -0.15) is 0 Å². The highest BCUT2D eigenvalue weighted by molar-refractivity contribution is 5.93. The fraction of sp³-hybridized carbons (Fsp3) is 0.571. The molecule has 0 spiro atoms. The maximum atomic E-state index is 11.2. The van der Waals surface area contributed by atoms with Crippen molar-refractivity contribution in [2.75, 3.05) is 0 Å². The van der Waals surface area contributed by atoms with Crippen LogP contribution in [0, 0.1) is 0 Å². The van der Waals surface area contributed by atoms with Crippen LogP contribution in [0.3, 0.4) is 0 Å². The summed E-state index contributed by atoms with van der Waals surface area (Å²) in [5.74, 6) is -0.476. The van der Waals surface area contributed by atoms with E-state index in [4.69, 9.17) is 5.21 Å². The molecule has 0 aliphatic rings. The molecule has 0 radical (unpaired) electrons. The average molecular weight is 332 g/mol. The maximum Gasteiger partial charge on any atom is 0.274 e. The Labute approximate surface area is 147 Å². The number of rotatable bonds is 13. The first kappa shape index (κ1) is 20.4. The number of hydroxylamine groups is 1. The first-order chi connectivity index (χ1) is 11.8. The number of allylic oxidation sites excluding steroid dienone is 1. The molecule has 24 heavy (non-hydrogen) atoms. The minimum Gasteiger partial charge on any atom is -0.288 e. The molecule has 0 bridgehead atoms. The minimum atomic E-state index is -0.476. The summed E-state index contributed by atoms with van der Waals surface area (Å²) >= 11 is 0. The Bertz CT molecular complexity index is 465. The maximum absolute atomic E-state index is 11.2. The molecule has 3 nitrogen and oxygen atoms in total. The number of carbonyl (C=O) groups is 1. The van der Waals surface area contributed by atoms with Crippen LogP contribution in [0.25, 0.3) is 6.08 Å². The lowest BCUT2D eigenvalue weighted by atomic mass is 10.1. The number of nitrogens with one attached hydrogen (secondary N) is 1. The van der Waals surface area contributed by atoms with Crippen molar-refractivity contribution >= 4 is 12.0 Å². The molecular formula is C21H33NO2. The van der Waals surface area contributed by atoms with Crippen LogP contribution >= 0.6 is 0 Å². The Morgan fingerprint density at radius 2 is 1.46 bits per heavy atom. The van der Waals surface area contributed by atoms with E-state index >= 15 is 0 Å². The smallest absolute Gasteiger partial charge is 0.274 e. The summed E-state index contributed by atoms with van der Waals surface area (Å²) in [7, 11) is 0. The quantitative estimate of drug-likeness (QED) is 0.259. The lowest BCUT2D eigenvalue weighted by Crippen LogP contribution is -2.18. The second-order valence-corrected chi connectivity index (χ2v) is 6.44. The molecule has 0 aliphatic heterocycles. The highest BCUT2D eigenvalue weighted by atomic mass is 16.5. The molecule has 0 atom stereocenters. The molecule has 3 heteroatoms. The Hall–Kier alpha value is -1.61. The molecule has 1 amide bonds. The second kappa shape index (κ2) is 13.8. The number of amides is 1. The standard InChI is InChI=1S/C21H33NO2/c1-2-3-4-5-6-7-8-9-10-11-12-13-14-19-15-17-20(18-16-19)21(23)22-24/h13-18,24H,2-12H2,1H3,(H,22,23)/b14-13+. The molecule has 2 N–H and O–H groups in total. The van der Waals surface area contributed by atoms with Gasteiger partial charge in [0.25, 0.3) is 5.91 Å². The highest BCUT2D eigenvalue weighted by Gasteiger charge is 2.01. The highest BCUT2D eigenvalue weighted by Crippen LogP contribution is 2.12. The van der Waals surface area contributed by atoms with Crippen LogP contribution in [0.15, 0.2) is 30.3 Å². The van der Waals surface area contributed by atoms with Crippen molar-refractivity contribution in [1.29, 1.82) is 0 Å². The summed E-state index contributed by atoms with van der Waals surface area (Å²) in [6, 6.07) is 7.21. The van der Waals surface area contributed by atoms with Crippen molar-refractivity contribution < 1.29 is 10.0 Å². The first-order valence-corrected chi connectivity index (χ1v) is 9.49. The largest absolute Gasteiger partial charge is 0.288 e. The number of benzene rings is 1. The van der Waals surface area contributed by atoms with Crippen molar-refractivity contribution in [3.05, 3.63) is 41.5 Å². The van der Waals surface area contributed by atoms with Gasteiger partial charge in [-0.3, -0.25) is 10.0 Å². The van der Waals surface area contributed by atoms with Gasteiger partial charge in [0, 0.05) is 5.56 Å². The molecular weight excluding hydrogens is 298 g/mol. The van der Waals surface area contributed by atoms with Gasteiger partial charge in [-0.25, -0.2) is 5.48 Å². The van der Waals surface area contributed by atoms with E-state index in [9.17, 15) is 4.79 Å². The average Bonchev–Trinajstić information content (AvgIpc) is 2.62. The monoisotopic (exact) mass is 331 g/mol. The van der Waals surface area contributed by atoms with E-state index in [-0.39, 0.29) is 0 Å². The summed E-state index contributed by atoms with van der Waals surface area (Å²) in [6.07, 6.45) is 19.0. The molecule has 1 aromatic carbocycles. The zero-order chi connectivity index (χ0) is 17.5. The third kappa shape index (κ3) is 9.51. The molecule has 0 saturated carbocycles. The molecule has 0 unspecified atom stereocenters. The summed E-state index contributed by atoms with van der Waals surface area (Å²) in [4.78, 5) is 11.2. The van der Waals surface area contributed by atoms with E-state index in [1.165, 1.54) is 64.2 Å². The van der Waals surface area contributed by atoms with E-state index in [0.29, 0.717) is 5.56 Å². The summed E-state index contributed by atoms with van der Waals surface area (Å²) in [6.45, 7) is 2.26. The fourth-order valence-corrected chi connectivity index (χ4v) is 2.78. The lowest BCUT2D eigenvalue weighted by Gasteiger charge is -2.01. The molecule has 0 fully saturated rings. The van der Waals surface area contributed by atoms with E-state index in [1.807, 2.05) is 12.1 Å². The fourth-order valence-electron chi connectivity index (χ4n) is 2.78. The van der Waals surface area contributed by atoms with E-state index in [1.54, 1.807) is 17.6 Å². The summed E-state index contributed by atoms with van der Waals surface area (Å²) < 4.78 is 0. The van der Waals surface area contributed by atoms with Gasteiger partial charge in [0.2, 0.25) is 0 Å². The van der Waals surface area contributed by atoms with E-state index in [2.05, 4.69) is 19.1 Å². The van der Waals surface area contributed by atoms with Gasteiger partial charge in [0.1, 0.15) is 0 Å². The number of hydrogen-bond acceptors (Lipinski definition) is 2. The molecule has 1 rings (SSSR count). The molecule has 1 aromatic rings. The molecule has 0 aromatic heterocycles. The van der Waals surface area contributed by atoms with Gasteiger partial charge >= 0.3 is 0 Å². The summed E-state index contributed by atoms with van der Waals surface area (Å²) in [5, 5.41) is 8.57. The number of unbranched alkanes of at least 4 members (excludes halogenated alkanes) is 10. The molecule has 0 aliphatic carbocycles. The third-order valence-electron chi connectivity index (χ3n) is 4.31. The van der Waals surface area contributed by atoms with Crippen molar-refractivity contribution in [3.8, 4) is 0 Å². The molecule has 0 saturated heterocycles.